The van der Waals surface area contributed by atoms with Crippen molar-refractivity contribution in [3.8, 4) is 28.6 Å². The molecule has 33 heavy (non-hydrogen) atoms. The number of rotatable bonds is 8. The quantitative estimate of drug-likeness (QED) is 0.215. The molecule has 0 amide bonds. The molecule has 12 heteroatoms. The number of halogens is 3. The minimum atomic E-state index is -2.95. The van der Waals surface area contributed by atoms with Crippen LogP contribution in [0.5, 0.6) is 17.2 Å². The van der Waals surface area contributed by atoms with Crippen LogP contribution in [0.2, 0.25) is 0 Å². The van der Waals surface area contributed by atoms with Crippen molar-refractivity contribution in [3.05, 3.63) is 53.9 Å². The average Bonchev–Trinajstić information content (AvgIpc) is 3.47. The molecule has 1 aliphatic heterocycles. The molecule has 176 valence electrons. The van der Waals surface area contributed by atoms with Crippen molar-refractivity contribution in [2.24, 2.45) is 4.99 Å². The monoisotopic (exact) mass is 572 g/mol. The lowest BCUT2D eigenvalue weighted by atomic mass is 10.1. The van der Waals surface area contributed by atoms with Crippen molar-refractivity contribution in [3.63, 3.8) is 0 Å². The summed E-state index contributed by atoms with van der Waals surface area (Å²) in [5.41, 5.74) is 2.37. The zero-order valence-electron chi connectivity index (χ0n) is 17.7. The predicted molar refractivity (Wildman–Crippen MR) is 128 cm³/mol. The third-order valence-corrected chi connectivity index (χ3v) is 4.60. The number of guanidine groups is 1. The van der Waals surface area contributed by atoms with E-state index in [2.05, 4.69) is 35.5 Å². The first-order chi connectivity index (χ1) is 15.6. The molecule has 0 saturated carbocycles. The second-order valence-corrected chi connectivity index (χ2v) is 6.77. The third kappa shape index (κ3) is 6.43. The van der Waals surface area contributed by atoms with E-state index in [0.29, 0.717) is 41.9 Å². The number of fused-ring (bicyclic) bond motifs is 1. The molecule has 0 bridgehead atoms. The van der Waals surface area contributed by atoms with Crippen molar-refractivity contribution >= 4 is 29.9 Å². The summed E-state index contributed by atoms with van der Waals surface area (Å²) in [6, 6.07) is 10.8. The topological polar surface area (TPSA) is 106 Å². The summed E-state index contributed by atoms with van der Waals surface area (Å²) < 4.78 is 41.0. The molecular formula is C21H23F2IN6O3. The first-order valence-corrected chi connectivity index (χ1v) is 9.96. The average molecular weight is 572 g/mol. The molecule has 3 aromatic rings. The van der Waals surface area contributed by atoms with Crippen molar-refractivity contribution < 1.29 is 23.0 Å². The summed E-state index contributed by atoms with van der Waals surface area (Å²) in [6.07, 6.45) is 1.45. The summed E-state index contributed by atoms with van der Waals surface area (Å²) in [5.74, 6) is 2.08. The van der Waals surface area contributed by atoms with Crippen LogP contribution in [0.15, 0.2) is 47.7 Å². The van der Waals surface area contributed by atoms with E-state index in [0.717, 1.165) is 11.1 Å². The predicted octanol–water partition coefficient (Wildman–Crippen LogP) is 3.68. The Hall–Kier alpha value is -3.16. The van der Waals surface area contributed by atoms with Gasteiger partial charge >= 0.3 is 6.61 Å². The van der Waals surface area contributed by atoms with Crippen molar-refractivity contribution in [2.45, 2.75) is 26.6 Å². The molecule has 0 spiro atoms. The first kappa shape index (κ1) is 24.5. The van der Waals surface area contributed by atoms with Crippen LogP contribution < -0.4 is 24.8 Å². The molecular weight excluding hydrogens is 549 g/mol. The lowest BCUT2D eigenvalue weighted by Gasteiger charge is -2.15. The van der Waals surface area contributed by atoms with Crippen molar-refractivity contribution in [1.82, 2.24) is 25.8 Å². The summed E-state index contributed by atoms with van der Waals surface area (Å²) in [7, 11) is 0. The van der Waals surface area contributed by atoms with Gasteiger partial charge in [0.15, 0.2) is 23.3 Å². The van der Waals surface area contributed by atoms with Crippen LogP contribution in [-0.2, 0) is 13.1 Å². The Kier molecular flexibility index (Phi) is 8.63. The van der Waals surface area contributed by atoms with Gasteiger partial charge in [0, 0.05) is 30.3 Å². The Morgan fingerprint density at radius 3 is 2.76 bits per heavy atom. The molecule has 0 fully saturated rings. The SMILES string of the molecule is CCNC(=NCc1cccc(-c2ncn[nH]2)c1)NCc1cc2c(cc1OC(F)F)OCO2.I. The molecule has 3 N–H and O–H groups in total. The second kappa shape index (κ2) is 11.6. The number of hydrogen-bond acceptors (Lipinski definition) is 6. The smallest absolute Gasteiger partial charge is 0.387 e. The fourth-order valence-electron chi connectivity index (χ4n) is 3.16. The Morgan fingerprint density at radius 2 is 2.03 bits per heavy atom. The molecule has 0 unspecified atom stereocenters. The summed E-state index contributed by atoms with van der Waals surface area (Å²) in [5, 5.41) is 13.0. The van der Waals surface area contributed by atoms with Gasteiger partial charge in [-0.2, -0.15) is 13.9 Å². The molecule has 2 aromatic carbocycles. The maximum Gasteiger partial charge on any atom is 0.387 e. The van der Waals surface area contributed by atoms with E-state index in [1.54, 1.807) is 6.07 Å². The van der Waals surface area contributed by atoms with Crippen LogP contribution in [0.3, 0.4) is 0 Å². The Morgan fingerprint density at radius 1 is 1.21 bits per heavy atom. The minimum absolute atomic E-state index is 0. The number of nitrogens with one attached hydrogen (secondary N) is 3. The Bertz CT molecular complexity index is 1080. The van der Waals surface area contributed by atoms with Gasteiger partial charge in [-0.1, -0.05) is 18.2 Å². The van der Waals surface area contributed by atoms with Gasteiger partial charge in [-0.25, -0.2) is 9.98 Å². The van der Waals surface area contributed by atoms with Gasteiger partial charge in [-0.15, -0.1) is 24.0 Å². The van der Waals surface area contributed by atoms with Gasteiger partial charge < -0.3 is 24.8 Å². The van der Waals surface area contributed by atoms with Gasteiger partial charge in [-0.3, -0.25) is 5.10 Å². The molecule has 2 heterocycles. The largest absolute Gasteiger partial charge is 0.454 e. The fourth-order valence-corrected chi connectivity index (χ4v) is 3.16. The number of H-pyrrole nitrogens is 1. The standard InChI is InChI=1S/C21H22F2N6O3.HI/c1-2-24-21(25-9-13-4-3-5-14(6-13)19-27-11-28-29-19)26-10-15-7-17-18(31-12-30-17)8-16(15)32-20(22)23;/h3-8,11,20H,2,9-10,12H2,1H3,(H2,24,25,26)(H,27,28,29);1H. The molecule has 4 rings (SSSR count). The van der Waals surface area contributed by atoms with Gasteiger partial charge in [0.25, 0.3) is 0 Å². The summed E-state index contributed by atoms with van der Waals surface area (Å²) >= 11 is 0. The van der Waals surface area contributed by atoms with Crippen molar-refractivity contribution in [1.29, 1.82) is 0 Å². The highest BCUT2D eigenvalue weighted by molar-refractivity contribution is 14.0. The highest BCUT2D eigenvalue weighted by Gasteiger charge is 2.20. The fraction of sp³-hybridized carbons (Fsp3) is 0.286. The van der Waals surface area contributed by atoms with E-state index in [9.17, 15) is 8.78 Å². The van der Waals surface area contributed by atoms with Crippen LogP contribution >= 0.6 is 24.0 Å². The molecule has 0 aliphatic carbocycles. The van der Waals surface area contributed by atoms with E-state index in [1.807, 2.05) is 31.2 Å². The van der Waals surface area contributed by atoms with E-state index in [4.69, 9.17) is 9.47 Å². The lowest BCUT2D eigenvalue weighted by Crippen LogP contribution is -2.36. The maximum atomic E-state index is 12.9. The van der Waals surface area contributed by atoms with Gasteiger partial charge in [-0.05, 0) is 24.6 Å². The highest BCUT2D eigenvalue weighted by atomic mass is 127. The molecule has 0 radical (unpaired) electrons. The van der Waals surface area contributed by atoms with E-state index in [-0.39, 0.29) is 43.1 Å². The van der Waals surface area contributed by atoms with E-state index in [1.165, 1.54) is 12.4 Å². The van der Waals surface area contributed by atoms with Crippen LogP contribution in [-0.4, -0.2) is 41.1 Å². The molecule has 0 atom stereocenters. The van der Waals surface area contributed by atoms with Gasteiger partial charge in [0.2, 0.25) is 6.79 Å². The maximum absolute atomic E-state index is 12.9. The zero-order chi connectivity index (χ0) is 22.3. The van der Waals surface area contributed by atoms with Crippen molar-refractivity contribution in [2.75, 3.05) is 13.3 Å². The van der Waals surface area contributed by atoms with Gasteiger partial charge in [0.05, 0.1) is 6.54 Å². The third-order valence-electron chi connectivity index (χ3n) is 4.60. The molecule has 1 aliphatic rings. The van der Waals surface area contributed by atoms with Gasteiger partial charge in [0.1, 0.15) is 12.1 Å². The summed E-state index contributed by atoms with van der Waals surface area (Å²) in [4.78, 5) is 8.74. The highest BCUT2D eigenvalue weighted by Crippen LogP contribution is 2.38. The minimum Gasteiger partial charge on any atom is -0.454 e. The van der Waals surface area contributed by atoms with Crippen LogP contribution in [0.4, 0.5) is 8.78 Å². The van der Waals surface area contributed by atoms with E-state index < -0.39 is 6.61 Å². The number of hydrogen-bond donors (Lipinski definition) is 3. The lowest BCUT2D eigenvalue weighted by molar-refractivity contribution is -0.0505. The normalized spacial score (nSPS) is 12.4. The number of aliphatic imine (C=N–C) groups is 1. The summed E-state index contributed by atoms with van der Waals surface area (Å²) in [6.45, 7) is 0.255. The number of aromatic amines is 1. The number of benzene rings is 2. The molecule has 9 nitrogen and oxygen atoms in total. The van der Waals surface area contributed by atoms with Crippen LogP contribution in [0.1, 0.15) is 18.1 Å². The molecule has 1 aromatic heterocycles. The molecule has 0 saturated heterocycles. The first-order valence-electron chi connectivity index (χ1n) is 9.96. The zero-order valence-corrected chi connectivity index (χ0v) is 20.0. The number of aromatic nitrogens is 3. The van der Waals surface area contributed by atoms with Crippen LogP contribution in [0, 0.1) is 0 Å². The van der Waals surface area contributed by atoms with Crippen LogP contribution in [0.25, 0.3) is 11.4 Å². The number of ether oxygens (including phenoxy) is 3. The Labute approximate surface area is 206 Å². The second-order valence-electron chi connectivity index (χ2n) is 6.77. The van der Waals surface area contributed by atoms with E-state index >= 15 is 0 Å². The Balaban J connectivity index is 0.00000306. The number of nitrogens with zero attached hydrogens (tertiary/aromatic N) is 3. The number of alkyl halides is 2.